The zero-order chi connectivity index (χ0) is 15.8. The fraction of sp³-hybridized carbons (Fsp3) is 0.263. The molecule has 0 saturated carbocycles. The fourth-order valence-corrected chi connectivity index (χ4v) is 3.51. The Hall–Kier alpha value is -2.62. The fourth-order valence-electron chi connectivity index (χ4n) is 3.51. The summed E-state index contributed by atoms with van der Waals surface area (Å²) in [5.41, 5.74) is 4.98. The van der Waals surface area contributed by atoms with Crippen molar-refractivity contribution < 1.29 is 0 Å². The van der Waals surface area contributed by atoms with Gasteiger partial charge in [0.25, 0.3) is 0 Å². The highest BCUT2D eigenvalue weighted by molar-refractivity contribution is 5.89. The first-order valence-electron chi connectivity index (χ1n) is 8.05. The van der Waals surface area contributed by atoms with Crippen molar-refractivity contribution in [1.29, 1.82) is 0 Å². The Balaban J connectivity index is 1.75. The average molecular weight is 304 g/mol. The molecule has 0 radical (unpaired) electrons. The van der Waals surface area contributed by atoms with E-state index in [0.29, 0.717) is 6.04 Å². The van der Waals surface area contributed by atoms with Crippen LogP contribution in [0.2, 0.25) is 0 Å². The number of hydrogen-bond acceptors (Lipinski definition) is 4. The Labute approximate surface area is 136 Å². The summed E-state index contributed by atoms with van der Waals surface area (Å²) < 4.78 is 0. The maximum absolute atomic E-state index is 4.65. The summed E-state index contributed by atoms with van der Waals surface area (Å²) in [6.07, 6.45) is 4.88. The molecular formula is C19H20N4. The highest BCUT2D eigenvalue weighted by Gasteiger charge is 2.24. The molecule has 1 unspecified atom stereocenters. The Morgan fingerprint density at radius 2 is 2.04 bits per heavy atom. The van der Waals surface area contributed by atoms with Crippen molar-refractivity contribution in [3.05, 3.63) is 59.9 Å². The van der Waals surface area contributed by atoms with E-state index in [1.807, 2.05) is 25.5 Å². The molecular weight excluding hydrogens is 284 g/mol. The van der Waals surface area contributed by atoms with Gasteiger partial charge >= 0.3 is 0 Å². The van der Waals surface area contributed by atoms with Crippen molar-refractivity contribution in [2.75, 3.05) is 23.8 Å². The molecule has 1 N–H and O–H groups in total. The van der Waals surface area contributed by atoms with Crippen LogP contribution in [0, 0.1) is 0 Å². The number of fused-ring (bicyclic) bond motifs is 2. The number of nitrogens with zero attached hydrogens (tertiary/aromatic N) is 3. The maximum Gasteiger partial charge on any atom is 0.152 e. The molecule has 1 aromatic carbocycles. The summed E-state index contributed by atoms with van der Waals surface area (Å²) in [6.45, 7) is 3.29. The number of pyridine rings is 2. The number of nitrogens with one attached hydrogen (secondary N) is 1. The second-order valence-electron chi connectivity index (χ2n) is 5.99. The van der Waals surface area contributed by atoms with Crippen LogP contribution in [0.5, 0.6) is 0 Å². The van der Waals surface area contributed by atoms with E-state index in [1.54, 1.807) is 0 Å². The second-order valence-corrected chi connectivity index (χ2v) is 5.99. The minimum atomic E-state index is 0.366. The minimum Gasteiger partial charge on any atom is -0.371 e. The zero-order valence-corrected chi connectivity index (χ0v) is 13.5. The Bertz CT molecular complexity index is 859. The average Bonchev–Trinajstić information content (AvgIpc) is 2.61. The summed E-state index contributed by atoms with van der Waals surface area (Å²) in [4.78, 5) is 11.4. The van der Waals surface area contributed by atoms with Gasteiger partial charge in [0.1, 0.15) is 5.52 Å². The smallest absolute Gasteiger partial charge is 0.152 e. The van der Waals surface area contributed by atoms with Crippen LogP contribution in [-0.4, -0.2) is 23.6 Å². The van der Waals surface area contributed by atoms with Crippen molar-refractivity contribution in [2.45, 2.75) is 19.4 Å². The van der Waals surface area contributed by atoms with Crippen molar-refractivity contribution >= 4 is 22.4 Å². The first kappa shape index (κ1) is 14.0. The van der Waals surface area contributed by atoms with Crippen LogP contribution in [-0.2, 0) is 6.42 Å². The van der Waals surface area contributed by atoms with Crippen LogP contribution in [0.3, 0.4) is 0 Å². The highest BCUT2D eigenvalue weighted by atomic mass is 15.2. The number of aromatic nitrogens is 2. The van der Waals surface area contributed by atoms with Crippen molar-refractivity contribution in [3.8, 4) is 0 Å². The molecule has 1 aliphatic rings. The first-order valence-corrected chi connectivity index (χ1v) is 8.05. The number of anilines is 2. The second kappa shape index (κ2) is 5.54. The third kappa shape index (κ3) is 2.31. The molecule has 1 aliphatic heterocycles. The lowest BCUT2D eigenvalue weighted by Gasteiger charge is -2.37. The normalized spacial score (nSPS) is 17.1. The summed E-state index contributed by atoms with van der Waals surface area (Å²) >= 11 is 0. The van der Waals surface area contributed by atoms with Crippen LogP contribution in [0.1, 0.15) is 24.1 Å². The van der Waals surface area contributed by atoms with Crippen LogP contribution in [0.4, 0.5) is 11.5 Å². The quantitative estimate of drug-likeness (QED) is 0.782. The number of rotatable bonds is 2. The van der Waals surface area contributed by atoms with Gasteiger partial charge < -0.3 is 10.2 Å². The molecule has 0 bridgehead atoms. The molecule has 0 saturated heterocycles. The van der Waals surface area contributed by atoms with Gasteiger partial charge in [-0.25, -0.2) is 4.98 Å². The molecule has 3 aromatic rings. The highest BCUT2D eigenvalue weighted by Crippen LogP contribution is 2.34. The number of benzene rings is 1. The zero-order valence-electron chi connectivity index (χ0n) is 13.5. The van der Waals surface area contributed by atoms with E-state index in [1.165, 1.54) is 16.8 Å². The predicted molar refractivity (Wildman–Crippen MR) is 95.0 cm³/mol. The molecule has 3 heterocycles. The van der Waals surface area contributed by atoms with Gasteiger partial charge in [0.05, 0.1) is 17.9 Å². The number of hydrogen-bond donors (Lipinski definition) is 1. The van der Waals surface area contributed by atoms with E-state index in [2.05, 4.69) is 57.4 Å². The standard InChI is InChI=1S/C19H20N4/c1-13-17-6-4-3-5-14(17)8-10-23(13)16-11-15-7-9-21-19(20-2)18(15)22-12-16/h3-7,9,11-13H,8,10H2,1-2H3,(H,20,21). The van der Waals surface area contributed by atoms with E-state index < -0.39 is 0 Å². The van der Waals surface area contributed by atoms with Crippen molar-refractivity contribution in [2.24, 2.45) is 0 Å². The van der Waals surface area contributed by atoms with Crippen LogP contribution in [0.15, 0.2) is 48.8 Å². The third-order valence-corrected chi connectivity index (χ3v) is 4.75. The molecule has 0 aliphatic carbocycles. The van der Waals surface area contributed by atoms with E-state index in [9.17, 15) is 0 Å². The Kier molecular flexibility index (Phi) is 3.37. The van der Waals surface area contributed by atoms with Gasteiger partial charge in [-0.15, -0.1) is 0 Å². The van der Waals surface area contributed by atoms with Crippen molar-refractivity contribution in [3.63, 3.8) is 0 Å². The van der Waals surface area contributed by atoms with Gasteiger partial charge in [-0.3, -0.25) is 4.98 Å². The van der Waals surface area contributed by atoms with E-state index in [4.69, 9.17) is 0 Å². The van der Waals surface area contributed by atoms with Crippen molar-refractivity contribution in [1.82, 2.24) is 9.97 Å². The Morgan fingerprint density at radius 3 is 2.91 bits per heavy atom. The van der Waals surface area contributed by atoms with Gasteiger partial charge in [-0.05, 0) is 36.6 Å². The molecule has 0 spiro atoms. The summed E-state index contributed by atoms with van der Waals surface area (Å²) in [5.74, 6) is 0.825. The van der Waals surface area contributed by atoms with Gasteiger partial charge in [-0.2, -0.15) is 0 Å². The summed E-state index contributed by atoms with van der Waals surface area (Å²) in [5, 5.41) is 4.22. The molecule has 116 valence electrons. The van der Waals surface area contributed by atoms with Crippen LogP contribution >= 0.6 is 0 Å². The Morgan fingerprint density at radius 1 is 1.17 bits per heavy atom. The van der Waals surface area contributed by atoms with E-state index in [0.717, 1.165) is 29.7 Å². The van der Waals surface area contributed by atoms with E-state index in [-0.39, 0.29) is 0 Å². The summed E-state index contributed by atoms with van der Waals surface area (Å²) in [6, 6.07) is 13.3. The third-order valence-electron chi connectivity index (χ3n) is 4.75. The molecule has 4 rings (SSSR count). The predicted octanol–water partition coefficient (Wildman–Crippen LogP) is 3.80. The molecule has 0 amide bonds. The molecule has 1 atom stereocenters. The van der Waals surface area contributed by atoms with Gasteiger partial charge in [0, 0.05) is 25.2 Å². The van der Waals surface area contributed by atoms with Crippen LogP contribution in [0.25, 0.3) is 10.9 Å². The lowest BCUT2D eigenvalue weighted by molar-refractivity contribution is 0.624. The lowest BCUT2D eigenvalue weighted by Crippen LogP contribution is -2.33. The first-order chi connectivity index (χ1) is 11.3. The molecule has 4 heteroatoms. The summed E-state index contributed by atoms with van der Waals surface area (Å²) in [7, 11) is 1.88. The van der Waals surface area contributed by atoms with Gasteiger partial charge in [0.2, 0.25) is 0 Å². The molecule has 4 nitrogen and oxygen atoms in total. The molecule has 2 aromatic heterocycles. The lowest BCUT2D eigenvalue weighted by atomic mass is 9.93. The maximum atomic E-state index is 4.65. The van der Waals surface area contributed by atoms with E-state index >= 15 is 0 Å². The largest absolute Gasteiger partial charge is 0.371 e. The molecule has 0 fully saturated rings. The van der Waals surface area contributed by atoms with Crippen LogP contribution < -0.4 is 10.2 Å². The van der Waals surface area contributed by atoms with Gasteiger partial charge in [-0.1, -0.05) is 24.3 Å². The molecule has 23 heavy (non-hydrogen) atoms. The minimum absolute atomic E-state index is 0.366. The topological polar surface area (TPSA) is 41.1 Å². The SMILES string of the molecule is CNc1nccc2cc(N3CCc4ccccc4C3C)cnc12. The van der Waals surface area contributed by atoms with Gasteiger partial charge in [0.15, 0.2) is 5.82 Å². The monoisotopic (exact) mass is 304 g/mol.